The Bertz CT molecular complexity index is 1020. The number of rotatable bonds is 7. The smallest absolute Gasteiger partial charge is 0.0385 e. The normalized spacial score (nSPS) is 10.2. The lowest BCUT2D eigenvalue weighted by atomic mass is 10.2. The predicted octanol–water partition coefficient (Wildman–Crippen LogP) is 6.96. The second kappa shape index (κ2) is 8.85. The monoisotopic (exact) mass is 380 g/mol. The van der Waals surface area contributed by atoms with Gasteiger partial charge in [-0.2, -0.15) is 0 Å². The van der Waals surface area contributed by atoms with E-state index in [9.17, 15) is 0 Å². The zero-order valence-electron chi connectivity index (χ0n) is 16.3. The fourth-order valence-corrected chi connectivity index (χ4v) is 3.02. The minimum atomic E-state index is 1.05. The lowest BCUT2D eigenvalue weighted by molar-refractivity contribution is 1.48. The molecule has 29 heavy (non-hydrogen) atoms. The lowest BCUT2D eigenvalue weighted by Gasteiger charge is -2.11. The van der Waals surface area contributed by atoms with Gasteiger partial charge in [0.05, 0.1) is 0 Å². The molecule has 0 aliphatic heterocycles. The fourth-order valence-electron chi connectivity index (χ4n) is 3.02. The van der Waals surface area contributed by atoms with E-state index in [1.54, 1.807) is 0 Å². The van der Waals surface area contributed by atoms with Crippen LogP contribution in [0, 0.1) is 0 Å². The molecule has 0 heterocycles. The molecular weight excluding hydrogens is 356 g/mol. The van der Waals surface area contributed by atoms with Gasteiger partial charge in [-0.15, -0.1) is 0 Å². The first-order chi connectivity index (χ1) is 14.3. The molecule has 0 unspecified atom stereocenters. The summed E-state index contributed by atoms with van der Waals surface area (Å²) in [5.74, 6) is 0. The molecule has 0 amide bonds. The molecule has 0 atom stereocenters. The molecular formula is C25H24N4. The van der Waals surface area contributed by atoms with Crippen LogP contribution in [0.1, 0.15) is 0 Å². The van der Waals surface area contributed by atoms with Gasteiger partial charge in [-0.05, 0) is 84.9 Å². The summed E-state index contributed by atoms with van der Waals surface area (Å²) in [6.45, 7) is 0. The third kappa shape index (κ3) is 5.08. The molecule has 0 saturated heterocycles. The Morgan fingerprint density at radius 2 is 0.621 bits per heavy atom. The Kier molecular flexibility index (Phi) is 5.63. The molecule has 0 bridgehead atoms. The molecule has 4 N–H and O–H groups in total. The van der Waals surface area contributed by atoms with Gasteiger partial charge in [-0.25, -0.2) is 0 Å². The summed E-state index contributed by atoms with van der Waals surface area (Å²) in [5, 5.41) is 13.4. The standard InChI is InChI=1S/C25H24N4/c1-26-19-7-9-21(10-8-19)28-23-15-17-25(18-16-23)29-24-13-11-22(12-14-24)27-20-5-3-2-4-6-20/h2-18,26-29H,1H3. The Hall–Kier alpha value is -3.92. The second-order valence-corrected chi connectivity index (χ2v) is 6.72. The van der Waals surface area contributed by atoms with Crippen molar-refractivity contribution in [2.24, 2.45) is 0 Å². The first kappa shape index (κ1) is 18.4. The predicted molar refractivity (Wildman–Crippen MR) is 125 cm³/mol. The average Bonchev–Trinajstić information content (AvgIpc) is 2.78. The number of benzene rings is 4. The Labute approximate surface area is 171 Å². The van der Waals surface area contributed by atoms with Gasteiger partial charge < -0.3 is 21.3 Å². The number of para-hydroxylation sites is 1. The van der Waals surface area contributed by atoms with Crippen molar-refractivity contribution >= 4 is 39.8 Å². The number of hydrogen-bond acceptors (Lipinski definition) is 4. The maximum absolute atomic E-state index is 3.44. The van der Waals surface area contributed by atoms with E-state index in [-0.39, 0.29) is 0 Å². The topological polar surface area (TPSA) is 48.1 Å². The van der Waals surface area contributed by atoms with Gasteiger partial charge in [-0.3, -0.25) is 0 Å². The summed E-state index contributed by atoms with van der Waals surface area (Å²) in [6.07, 6.45) is 0. The van der Waals surface area contributed by atoms with Gasteiger partial charge in [0.1, 0.15) is 0 Å². The van der Waals surface area contributed by atoms with Gasteiger partial charge in [-0.1, -0.05) is 18.2 Å². The molecule has 4 nitrogen and oxygen atoms in total. The van der Waals surface area contributed by atoms with Gasteiger partial charge in [0.25, 0.3) is 0 Å². The van der Waals surface area contributed by atoms with Crippen LogP contribution >= 0.6 is 0 Å². The average molecular weight is 380 g/mol. The molecule has 4 aromatic rings. The van der Waals surface area contributed by atoms with E-state index >= 15 is 0 Å². The van der Waals surface area contributed by atoms with Crippen molar-refractivity contribution < 1.29 is 0 Å². The zero-order valence-corrected chi connectivity index (χ0v) is 16.3. The molecule has 0 saturated carbocycles. The van der Waals surface area contributed by atoms with Crippen LogP contribution < -0.4 is 21.3 Å². The van der Waals surface area contributed by atoms with Crippen molar-refractivity contribution in [3.63, 3.8) is 0 Å². The van der Waals surface area contributed by atoms with Gasteiger partial charge in [0.2, 0.25) is 0 Å². The van der Waals surface area contributed by atoms with Crippen LogP contribution in [0.2, 0.25) is 0 Å². The summed E-state index contributed by atoms with van der Waals surface area (Å²) in [7, 11) is 1.92. The lowest BCUT2D eigenvalue weighted by Crippen LogP contribution is -1.94. The summed E-state index contributed by atoms with van der Waals surface area (Å²) >= 11 is 0. The van der Waals surface area contributed by atoms with Gasteiger partial charge in [0.15, 0.2) is 0 Å². The van der Waals surface area contributed by atoms with E-state index < -0.39 is 0 Å². The highest BCUT2D eigenvalue weighted by molar-refractivity contribution is 5.68. The SMILES string of the molecule is CNc1ccc(Nc2ccc(Nc3ccc(Nc4ccccc4)cc3)cc2)cc1. The molecule has 144 valence electrons. The molecule has 4 rings (SSSR count). The van der Waals surface area contributed by atoms with Crippen molar-refractivity contribution in [3.8, 4) is 0 Å². The van der Waals surface area contributed by atoms with Crippen molar-refractivity contribution in [2.75, 3.05) is 28.3 Å². The van der Waals surface area contributed by atoms with E-state index in [1.807, 2.05) is 25.2 Å². The van der Waals surface area contributed by atoms with E-state index in [0.29, 0.717) is 0 Å². The Morgan fingerprint density at radius 1 is 0.345 bits per heavy atom. The van der Waals surface area contributed by atoms with E-state index in [1.165, 1.54) is 0 Å². The zero-order chi connectivity index (χ0) is 19.9. The highest BCUT2D eigenvalue weighted by Gasteiger charge is 1.99. The third-order valence-electron chi connectivity index (χ3n) is 4.58. The largest absolute Gasteiger partial charge is 0.388 e. The Balaban J connectivity index is 1.35. The highest BCUT2D eigenvalue weighted by Crippen LogP contribution is 2.24. The van der Waals surface area contributed by atoms with Crippen LogP contribution in [0.15, 0.2) is 103 Å². The summed E-state index contributed by atoms with van der Waals surface area (Å²) in [6, 6.07) is 34.9. The summed E-state index contributed by atoms with van der Waals surface area (Å²) < 4.78 is 0. The van der Waals surface area contributed by atoms with Crippen LogP contribution in [0.25, 0.3) is 0 Å². The molecule has 0 spiro atoms. The number of nitrogens with one attached hydrogen (secondary N) is 4. The molecule has 0 aromatic heterocycles. The minimum absolute atomic E-state index is 1.05. The maximum Gasteiger partial charge on any atom is 0.0385 e. The number of anilines is 7. The first-order valence-electron chi connectivity index (χ1n) is 9.62. The molecule has 4 heteroatoms. The molecule has 0 fully saturated rings. The van der Waals surface area contributed by atoms with Crippen LogP contribution in [0.5, 0.6) is 0 Å². The van der Waals surface area contributed by atoms with E-state index in [0.717, 1.165) is 39.8 Å². The van der Waals surface area contributed by atoms with E-state index in [2.05, 4.69) is 106 Å². The molecule has 0 aliphatic carbocycles. The van der Waals surface area contributed by atoms with Crippen LogP contribution in [0.4, 0.5) is 39.8 Å². The quantitative estimate of drug-likeness (QED) is 0.280. The van der Waals surface area contributed by atoms with Crippen molar-refractivity contribution in [2.45, 2.75) is 0 Å². The van der Waals surface area contributed by atoms with E-state index in [4.69, 9.17) is 0 Å². The van der Waals surface area contributed by atoms with Crippen molar-refractivity contribution in [1.82, 2.24) is 0 Å². The highest BCUT2D eigenvalue weighted by atomic mass is 14.9. The second-order valence-electron chi connectivity index (χ2n) is 6.72. The summed E-state index contributed by atoms with van der Waals surface area (Å²) in [5.41, 5.74) is 7.45. The van der Waals surface area contributed by atoms with Gasteiger partial charge in [0, 0.05) is 46.9 Å². The van der Waals surface area contributed by atoms with Crippen LogP contribution in [-0.4, -0.2) is 7.05 Å². The minimum Gasteiger partial charge on any atom is -0.388 e. The third-order valence-corrected chi connectivity index (χ3v) is 4.58. The molecule has 4 aromatic carbocycles. The molecule has 0 aliphatic rings. The Morgan fingerprint density at radius 3 is 0.931 bits per heavy atom. The molecule has 0 radical (unpaired) electrons. The maximum atomic E-state index is 3.44. The van der Waals surface area contributed by atoms with Crippen molar-refractivity contribution in [3.05, 3.63) is 103 Å². The van der Waals surface area contributed by atoms with Gasteiger partial charge >= 0.3 is 0 Å². The fraction of sp³-hybridized carbons (Fsp3) is 0.0400. The van der Waals surface area contributed by atoms with Crippen molar-refractivity contribution in [1.29, 1.82) is 0 Å². The first-order valence-corrected chi connectivity index (χ1v) is 9.62. The number of hydrogen-bond donors (Lipinski definition) is 4. The van der Waals surface area contributed by atoms with Crippen LogP contribution in [0.3, 0.4) is 0 Å². The summed E-state index contributed by atoms with van der Waals surface area (Å²) in [4.78, 5) is 0. The van der Waals surface area contributed by atoms with Crippen LogP contribution in [-0.2, 0) is 0 Å².